The Morgan fingerprint density at radius 1 is 1.31 bits per heavy atom. The minimum atomic E-state index is -0.337. The molecular weight excluding hydrogens is 330 g/mol. The highest BCUT2D eigenvalue weighted by Crippen LogP contribution is 2.22. The van der Waals surface area contributed by atoms with Crippen LogP contribution in [0.1, 0.15) is 18.4 Å². The maximum absolute atomic E-state index is 10.9. The van der Waals surface area contributed by atoms with Gasteiger partial charge in [-0.2, -0.15) is 5.10 Å². The summed E-state index contributed by atoms with van der Waals surface area (Å²) in [6, 6.07) is 13.5. The zero-order valence-electron chi connectivity index (χ0n) is 14.4. The van der Waals surface area contributed by atoms with Crippen LogP contribution in [0.3, 0.4) is 0 Å². The Morgan fingerprint density at radius 2 is 2.23 bits per heavy atom. The molecule has 134 valence electrons. The van der Waals surface area contributed by atoms with Gasteiger partial charge in [-0.1, -0.05) is 12.1 Å². The molecule has 1 atom stereocenters. The summed E-state index contributed by atoms with van der Waals surface area (Å²) >= 11 is 0. The quantitative estimate of drug-likeness (QED) is 0.542. The first kappa shape index (κ1) is 16.5. The van der Waals surface area contributed by atoms with Crippen molar-refractivity contribution in [1.82, 2.24) is 15.1 Å². The molecule has 1 saturated heterocycles. The van der Waals surface area contributed by atoms with E-state index in [0.717, 1.165) is 54.6 Å². The van der Waals surface area contributed by atoms with Gasteiger partial charge >= 0.3 is 0 Å². The third-order valence-corrected chi connectivity index (χ3v) is 4.84. The summed E-state index contributed by atoms with van der Waals surface area (Å²) in [6.45, 7) is 2.67. The molecule has 1 aliphatic rings. The molecule has 7 heteroatoms. The van der Waals surface area contributed by atoms with E-state index in [9.17, 15) is 10.1 Å². The van der Waals surface area contributed by atoms with E-state index in [1.54, 1.807) is 12.1 Å². The van der Waals surface area contributed by atoms with E-state index < -0.39 is 0 Å². The number of hydrogen-bond acceptors (Lipinski definition) is 5. The lowest BCUT2D eigenvalue weighted by Gasteiger charge is -2.33. The number of anilines is 1. The zero-order valence-corrected chi connectivity index (χ0v) is 14.4. The first-order chi connectivity index (χ1) is 12.7. The minimum Gasteiger partial charge on any atom is -0.381 e. The van der Waals surface area contributed by atoms with Crippen LogP contribution in [0.4, 0.5) is 11.4 Å². The lowest BCUT2D eigenvalue weighted by molar-refractivity contribution is -0.384. The van der Waals surface area contributed by atoms with Gasteiger partial charge in [0.15, 0.2) is 0 Å². The van der Waals surface area contributed by atoms with Crippen LogP contribution in [-0.4, -0.2) is 39.2 Å². The smallest absolute Gasteiger partial charge is 0.269 e. The van der Waals surface area contributed by atoms with E-state index in [1.165, 1.54) is 6.07 Å². The molecule has 0 spiro atoms. The molecule has 0 bridgehead atoms. The first-order valence-electron chi connectivity index (χ1n) is 8.83. The van der Waals surface area contributed by atoms with Gasteiger partial charge in [0.25, 0.3) is 5.69 Å². The van der Waals surface area contributed by atoms with Crippen molar-refractivity contribution in [3.63, 3.8) is 0 Å². The third kappa shape index (κ3) is 3.67. The molecule has 26 heavy (non-hydrogen) atoms. The lowest BCUT2D eigenvalue weighted by Crippen LogP contribution is -2.41. The summed E-state index contributed by atoms with van der Waals surface area (Å²) in [6.07, 6.45) is 4.06. The Labute approximate surface area is 151 Å². The van der Waals surface area contributed by atoms with Gasteiger partial charge in [-0.15, -0.1) is 0 Å². The summed E-state index contributed by atoms with van der Waals surface area (Å²) in [7, 11) is 0. The number of aromatic amines is 1. The molecule has 0 amide bonds. The van der Waals surface area contributed by atoms with Crippen LogP contribution >= 0.6 is 0 Å². The van der Waals surface area contributed by atoms with Gasteiger partial charge < -0.3 is 5.32 Å². The number of benzene rings is 2. The fourth-order valence-electron chi connectivity index (χ4n) is 3.61. The highest BCUT2D eigenvalue weighted by molar-refractivity contribution is 5.81. The zero-order chi connectivity index (χ0) is 17.9. The Kier molecular flexibility index (Phi) is 4.53. The van der Waals surface area contributed by atoms with Crippen LogP contribution in [0.5, 0.6) is 0 Å². The Balaban J connectivity index is 1.40. The number of nitrogens with one attached hydrogen (secondary N) is 2. The summed E-state index contributed by atoms with van der Waals surface area (Å²) in [4.78, 5) is 13.0. The number of likely N-dealkylation sites (tertiary alicyclic amines) is 1. The van der Waals surface area contributed by atoms with Crippen LogP contribution in [0.2, 0.25) is 0 Å². The molecule has 4 rings (SSSR count). The first-order valence-corrected chi connectivity index (χ1v) is 8.83. The predicted molar refractivity (Wildman–Crippen MR) is 101 cm³/mol. The van der Waals surface area contributed by atoms with Crippen LogP contribution in [0.25, 0.3) is 10.9 Å². The summed E-state index contributed by atoms with van der Waals surface area (Å²) in [5.41, 5.74) is 3.27. The Bertz CT molecular complexity index is 923. The second-order valence-electron chi connectivity index (χ2n) is 6.82. The Morgan fingerprint density at radius 3 is 3.12 bits per heavy atom. The molecule has 2 aromatic carbocycles. The van der Waals surface area contributed by atoms with Gasteiger partial charge in [-0.05, 0) is 43.1 Å². The summed E-state index contributed by atoms with van der Waals surface area (Å²) < 4.78 is 0. The van der Waals surface area contributed by atoms with E-state index in [1.807, 2.05) is 18.3 Å². The molecule has 7 nitrogen and oxygen atoms in total. The van der Waals surface area contributed by atoms with Gasteiger partial charge in [0, 0.05) is 42.3 Å². The molecule has 1 aromatic heterocycles. The minimum absolute atomic E-state index is 0.155. The van der Waals surface area contributed by atoms with Gasteiger partial charge in [0.05, 0.1) is 16.6 Å². The molecule has 1 aliphatic heterocycles. The maximum Gasteiger partial charge on any atom is 0.269 e. The predicted octanol–water partition coefficient (Wildman–Crippen LogP) is 3.55. The average Bonchev–Trinajstić information content (AvgIpc) is 3.10. The number of hydrogen-bond donors (Lipinski definition) is 2. The van der Waals surface area contributed by atoms with Crippen molar-refractivity contribution in [2.45, 2.75) is 25.4 Å². The fourth-order valence-corrected chi connectivity index (χ4v) is 3.61. The standard InChI is InChI=1S/C19H21N5O2/c25-24(26)18-5-1-3-14(9-18)12-23-8-2-4-17(13-23)21-16-6-7-19-15(10-16)11-20-22-19/h1,3,5-7,9-11,17,21H,2,4,8,12-13H2,(H,20,22). The van der Waals surface area contributed by atoms with E-state index >= 15 is 0 Å². The van der Waals surface area contributed by atoms with E-state index in [4.69, 9.17) is 0 Å². The largest absolute Gasteiger partial charge is 0.381 e. The van der Waals surface area contributed by atoms with Crippen LogP contribution in [-0.2, 0) is 6.54 Å². The van der Waals surface area contributed by atoms with Gasteiger partial charge in [0.2, 0.25) is 0 Å². The highest BCUT2D eigenvalue weighted by atomic mass is 16.6. The fraction of sp³-hybridized carbons (Fsp3) is 0.316. The molecule has 2 heterocycles. The molecule has 0 aliphatic carbocycles. The molecule has 0 saturated carbocycles. The number of rotatable bonds is 5. The van der Waals surface area contributed by atoms with Crippen LogP contribution < -0.4 is 5.32 Å². The van der Waals surface area contributed by atoms with Crippen molar-refractivity contribution in [1.29, 1.82) is 0 Å². The van der Waals surface area contributed by atoms with Gasteiger partial charge in [-0.25, -0.2) is 0 Å². The number of H-pyrrole nitrogens is 1. The van der Waals surface area contributed by atoms with Crippen molar-refractivity contribution in [2.24, 2.45) is 0 Å². The van der Waals surface area contributed by atoms with Crippen molar-refractivity contribution < 1.29 is 4.92 Å². The number of non-ortho nitro benzene ring substituents is 1. The van der Waals surface area contributed by atoms with Crippen LogP contribution in [0, 0.1) is 10.1 Å². The molecule has 3 aromatic rings. The van der Waals surface area contributed by atoms with Crippen molar-refractivity contribution in [2.75, 3.05) is 18.4 Å². The van der Waals surface area contributed by atoms with Gasteiger partial charge in [-0.3, -0.25) is 20.1 Å². The van der Waals surface area contributed by atoms with Gasteiger partial charge in [0.1, 0.15) is 0 Å². The number of nitro benzene ring substituents is 1. The SMILES string of the molecule is O=[N+]([O-])c1cccc(CN2CCCC(Nc3ccc4[nH]ncc4c3)C2)c1. The van der Waals surface area contributed by atoms with E-state index in [2.05, 4.69) is 32.5 Å². The molecular formula is C19H21N5O2. The van der Waals surface area contributed by atoms with E-state index in [-0.39, 0.29) is 10.6 Å². The third-order valence-electron chi connectivity index (χ3n) is 4.84. The summed E-state index contributed by atoms with van der Waals surface area (Å²) in [5.74, 6) is 0. The maximum atomic E-state index is 10.9. The number of fused-ring (bicyclic) bond motifs is 1. The number of nitrogens with zero attached hydrogens (tertiary/aromatic N) is 3. The lowest BCUT2D eigenvalue weighted by atomic mass is 10.0. The number of nitro groups is 1. The number of aromatic nitrogens is 2. The molecule has 2 N–H and O–H groups in total. The van der Waals surface area contributed by atoms with Crippen LogP contribution in [0.15, 0.2) is 48.7 Å². The average molecular weight is 351 g/mol. The van der Waals surface area contributed by atoms with Crippen molar-refractivity contribution in [3.05, 3.63) is 64.3 Å². The second kappa shape index (κ2) is 7.13. The topological polar surface area (TPSA) is 87.1 Å². The van der Waals surface area contributed by atoms with E-state index in [0.29, 0.717) is 6.04 Å². The molecule has 1 unspecified atom stereocenters. The summed E-state index contributed by atoms with van der Waals surface area (Å²) in [5, 5.41) is 22.7. The molecule has 1 fully saturated rings. The number of piperidine rings is 1. The second-order valence-corrected chi connectivity index (χ2v) is 6.82. The van der Waals surface area contributed by atoms with Crippen molar-refractivity contribution >= 4 is 22.3 Å². The highest BCUT2D eigenvalue weighted by Gasteiger charge is 2.20. The monoisotopic (exact) mass is 351 g/mol. The Hall–Kier alpha value is -2.93. The molecule has 0 radical (unpaired) electrons. The van der Waals surface area contributed by atoms with Crippen molar-refractivity contribution in [3.8, 4) is 0 Å². The normalized spacial score (nSPS) is 18.1.